The number of aryl methyl sites for hydroxylation is 1. The molecule has 0 atom stereocenters. The molecule has 0 aromatic heterocycles. The highest BCUT2D eigenvalue weighted by atomic mass is 16.5. The van der Waals surface area contributed by atoms with Crippen molar-refractivity contribution in [2.75, 3.05) is 6.61 Å². The van der Waals surface area contributed by atoms with Gasteiger partial charge in [-0.2, -0.15) is 0 Å². The maximum Gasteiger partial charge on any atom is 0.122 e. The Kier molecular flexibility index (Phi) is 4.03. The number of rotatable bonds is 4. The summed E-state index contributed by atoms with van der Waals surface area (Å²) in [5.41, 5.74) is 5.08. The van der Waals surface area contributed by atoms with Gasteiger partial charge in [-0.1, -0.05) is 43.3 Å². The van der Waals surface area contributed by atoms with E-state index in [1.807, 2.05) is 6.07 Å². The molecule has 94 valence electrons. The molecular weight excluding hydrogens is 220 g/mol. The Labute approximate surface area is 109 Å². The van der Waals surface area contributed by atoms with E-state index in [1.165, 1.54) is 22.3 Å². The summed E-state index contributed by atoms with van der Waals surface area (Å²) in [5.74, 6) is 0.998. The first-order valence-electron chi connectivity index (χ1n) is 6.52. The van der Waals surface area contributed by atoms with Gasteiger partial charge >= 0.3 is 0 Å². The van der Waals surface area contributed by atoms with Crippen molar-refractivity contribution < 1.29 is 4.74 Å². The van der Waals surface area contributed by atoms with Crippen LogP contribution in [-0.4, -0.2) is 6.61 Å². The molecule has 18 heavy (non-hydrogen) atoms. The third-order valence-electron chi connectivity index (χ3n) is 3.18. The Balaban J connectivity index is 2.43. The Bertz CT molecular complexity index is 529. The van der Waals surface area contributed by atoms with Crippen molar-refractivity contribution in [1.82, 2.24) is 0 Å². The minimum absolute atomic E-state index is 0.776. The van der Waals surface area contributed by atoms with Crippen LogP contribution in [-0.2, 0) is 0 Å². The Morgan fingerprint density at radius 1 is 0.889 bits per heavy atom. The second kappa shape index (κ2) is 5.72. The summed E-state index contributed by atoms with van der Waals surface area (Å²) in [6.45, 7) is 7.18. The van der Waals surface area contributed by atoms with Crippen molar-refractivity contribution >= 4 is 0 Å². The monoisotopic (exact) mass is 240 g/mol. The molecule has 2 aromatic carbocycles. The number of hydrogen-bond acceptors (Lipinski definition) is 1. The molecule has 0 fully saturated rings. The minimum Gasteiger partial charge on any atom is -0.493 e. The Hall–Kier alpha value is -1.76. The Morgan fingerprint density at radius 2 is 1.61 bits per heavy atom. The molecule has 0 bridgehead atoms. The van der Waals surface area contributed by atoms with Gasteiger partial charge in [0.1, 0.15) is 5.75 Å². The van der Waals surface area contributed by atoms with Crippen LogP contribution in [0.3, 0.4) is 0 Å². The molecule has 0 heterocycles. The molecule has 0 aliphatic heterocycles. The van der Waals surface area contributed by atoms with Gasteiger partial charge in [0.25, 0.3) is 0 Å². The molecule has 0 unspecified atom stereocenters. The van der Waals surface area contributed by atoms with Gasteiger partial charge in [0.2, 0.25) is 0 Å². The maximum atomic E-state index is 5.79. The molecule has 1 heteroatoms. The zero-order valence-electron chi connectivity index (χ0n) is 11.4. The third-order valence-corrected chi connectivity index (χ3v) is 3.18. The molecular formula is C17H20O. The zero-order valence-corrected chi connectivity index (χ0v) is 11.4. The smallest absolute Gasteiger partial charge is 0.122 e. The van der Waals surface area contributed by atoms with E-state index < -0.39 is 0 Å². The second-order valence-electron chi connectivity index (χ2n) is 4.59. The van der Waals surface area contributed by atoms with E-state index in [4.69, 9.17) is 4.74 Å². The van der Waals surface area contributed by atoms with Crippen molar-refractivity contribution in [3.8, 4) is 16.9 Å². The lowest BCUT2D eigenvalue weighted by Gasteiger charge is -2.14. The van der Waals surface area contributed by atoms with Gasteiger partial charge in [-0.05, 0) is 48.6 Å². The lowest BCUT2D eigenvalue weighted by atomic mass is 9.96. The maximum absolute atomic E-state index is 5.79. The topological polar surface area (TPSA) is 9.23 Å². The lowest BCUT2D eigenvalue weighted by molar-refractivity contribution is 0.315. The summed E-state index contributed by atoms with van der Waals surface area (Å²) in [7, 11) is 0. The van der Waals surface area contributed by atoms with E-state index in [1.54, 1.807) is 0 Å². The van der Waals surface area contributed by atoms with Crippen LogP contribution >= 0.6 is 0 Å². The summed E-state index contributed by atoms with van der Waals surface area (Å²) in [4.78, 5) is 0. The molecule has 0 spiro atoms. The fourth-order valence-electron chi connectivity index (χ4n) is 2.15. The molecule has 0 saturated carbocycles. The molecule has 0 N–H and O–H groups in total. The van der Waals surface area contributed by atoms with E-state index in [0.717, 1.165) is 18.8 Å². The standard InChI is InChI=1S/C17H20O/c1-4-12-18-17-11-7-10-16(14(17)3)15-9-6-5-8-13(15)2/h5-11H,4,12H2,1-3H3. The van der Waals surface area contributed by atoms with E-state index in [-0.39, 0.29) is 0 Å². The minimum atomic E-state index is 0.776. The van der Waals surface area contributed by atoms with Crippen molar-refractivity contribution in [2.45, 2.75) is 27.2 Å². The molecule has 0 saturated heterocycles. The highest BCUT2D eigenvalue weighted by molar-refractivity contribution is 5.72. The molecule has 0 aliphatic carbocycles. The van der Waals surface area contributed by atoms with Crippen LogP contribution in [0.1, 0.15) is 24.5 Å². The molecule has 2 aromatic rings. The predicted octanol–water partition coefficient (Wildman–Crippen LogP) is 4.76. The van der Waals surface area contributed by atoms with Gasteiger partial charge in [0.15, 0.2) is 0 Å². The zero-order chi connectivity index (χ0) is 13.0. The highest BCUT2D eigenvalue weighted by Crippen LogP contribution is 2.31. The first kappa shape index (κ1) is 12.7. The van der Waals surface area contributed by atoms with Crippen molar-refractivity contribution in [2.24, 2.45) is 0 Å². The molecule has 0 radical (unpaired) electrons. The average molecular weight is 240 g/mol. The number of ether oxygens (including phenoxy) is 1. The Morgan fingerprint density at radius 3 is 2.33 bits per heavy atom. The SMILES string of the molecule is CCCOc1cccc(-c2ccccc2C)c1C. The van der Waals surface area contributed by atoms with Gasteiger partial charge in [0.05, 0.1) is 6.61 Å². The van der Waals surface area contributed by atoms with E-state index in [9.17, 15) is 0 Å². The summed E-state index contributed by atoms with van der Waals surface area (Å²) in [6, 6.07) is 14.8. The predicted molar refractivity (Wildman–Crippen MR) is 77.1 cm³/mol. The van der Waals surface area contributed by atoms with Crippen LogP contribution in [0.15, 0.2) is 42.5 Å². The highest BCUT2D eigenvalue weighted by Gasteiger charge is 2.08. The van der Waals surface area contributed by atoms with Crippen LogP contribution in [0.5, 0.6) is 5.75 Å². The van der Waals surface area contributed by atoms with Gasteiger partial charge < -0.3 is 4.74 Å². The largest absolute Gasteiger partial charge is 0.493 e. The fraction of sp³-hybridized carbons (Fsp3) is 0.294. The molecule has 2 rings (SSSR count). The van der Waals surface area contributed by atoms with E-state index in [0.29, 0.717) is 0 Å². The number of benzene rings is 2. The summed E-state index contributed by atoms with van der Waals surface area (Å²) >= 11 is 0. The fourth-order valence-corrected chi connectivity index (χ4v) is 2.15. The molecule has 0 amide bonds. The quantitative estimate of drug-likeness (QED) is 0.748. The first-order valence-corrected chi connectivity index (χ1v) is 6.52. The van der Waals surface area contributed by atoms with Crippen molar-refractivity contribution in [1.29, 1.82) is 0 Å². The average Bonchev–Trinajstić information content (AvgIpc) is 2.39. The first-order chi connectivity index (χ1) is 8.74. The summed E-state index contributed by atoms with van der Waals surface area (Å²) in [5, 5.41) is 0. The van der Waals surface area contributed by atoms with Gasteiger partial charge in [-0.25, -0.2) is 0 Å². The van der Waals surface area contributed by atoms with E-state index >= 15 is 0 Å². The van der Waals surface area contributed by atoms with Crippen LogP contribution in [0, 0.1) is 13.8 Å². The van der Waals surface area contributed by atoms with Gasteiger partial charge in [0, 0.05) is 0 Å². The lowest BCUT2D eigenvalue weighted by Crippen LogP contribution is -1.98. The van der Waals surface area contributed by atoms with Crippen LogP contribution in [0.25, 0.3) is 11.1 Å². The van der Waals surface area contributed by atoms with Crippen LogP contribution in [0.2, 0.25) is 0 Å². The van der Waals surface area contributed by atoms with Crippen molar-refractivity contribution in [3.05, 3.63) is 53.6 Å². The van der Waals surface area contributed by atoms with Crippen LogP contribution in [0.4, 0.5) is 0 Å². The third kappa shape index (κ3) is 2.56. The van der Waals surface area contributed by atoms with Crippen molar-refractivity contribution in [3.63, 3.8) is 0 Å². The summed E-state index contributed by atoms with van der Waals surface area (Å²) in [6.07, 6.45) is 1.04. The number of hydrogen-bond donors (Lipinski definition) is 0. The second-order valence-corrected chi connectivity index (χ2v) is 4.59. The van der Waals surface area contributed by atoms with Gasteiger partial charge in [-0.3, -0.25) is 0 Å². The van der Waals surface area contributed by atoms with E-state index in [2.05, 4.69) is 57.2 Å². The van der Waals surface area contributed by atoms with Gasteiger partial charge in [-0.15, -0.1) is 0 Å². The normalized spacial score (nSPS) is 10.4. The summed E-state index contributed by atoms with van der Waals surface area (Å²) < 4.78 is 5.79. The van der Waals surface area contributed by atoms with Crippen LogP contribution < -0.4 is 4.74 Å². The molecule has 0 aliphatic rings. The molecule has 1 nitrogen and oxygen atoms in total.